The summed E-state index contributed by atoms with van der Waals surface area (Å²) >= 11 is 5.55. The van der Waals surface area contributed by atoms with Crippen molar-refractivity contribution < 1.29 is 5.11 Å². The summed E-state index contributed by atoms with van der Waals surface area (Å²) in [4.78, 5) is 2.44. The summed E-state index contributed by atoms with van der Waals surface area (Å²) in [5, 5.41) is 14.0. The lowest BCUT2D eigenvalue weighted by Gasteiger charge is -2.24. The fourth-order valence-electron chi connectivity index (χ4n) is 3.01. The highest BCUT2D eigenvalue weighted by Gasteiger charge is 2.28. The number of hydrogen-bond donors (Lipinski definition) is 1. The van der Waals surface area contributed by atoms with E-state index in [2.05, 4.69) is 14.6 Å². The second kappa shape index (κ2) is 6.37. The van der Waals surface area contributed by atoms with Gasteiger partial charge in [-0.1, -0.05) is 19.3 Å². The zero-order valence-corrected chi connectivity index (χ0v) is 12.8. The summed E-state index contributed by atoms with van der Waals surface area (Å²) in [6.07, 6.45) is 8.90. The molecular formula is C14H24N4OS. The summed E-state index contributed by atoms with van der Waals surface area (Å²) in [7, 11) is 0. The number of aromatic nitrogens is 3. The summed E-state index contributed by atoms with van der Waals surface area (Å²) < 4.78 is 4.74. The first kappa shape index (κ1) is 14.2. The Hall–Kier alpha value is -0.720. The lowest BCUT2D eigenvalue weighted by Crippen LogP contribution is -2.30. The van der Waals surface area contributed by atoms with E-state index in [1.54, 1.807) is 0 Å². The van der Waals surface area contributed by atoms with Crippen LogP contribution in [0.4, 0.5) is 0 Å². The van der Waals surface area contributed by atoms with Gasteiger partial charge in [0.1, 0.15) is 6.61 Å². The van der Waals surface area contributed by atoms with Crippen LogP contribution in [0.5, 0.6) is 0 Å². The molecule has 3 rings (SSSR count). The molecule has 0 radical (unpaired) electrons. The van der Waals surface area contributed by atoms with Crippen LogP contribution in [0.3, 0.4) is 0 Å². The Bertz CT molecular complexity index is 498. The van der Waals surface area contributed by atoms with Gasteiger partial charge in [-0.25, -0.2) is 4.68 Å². The summed E-state index contributed by atoms with van der Waals surface area (Å²) in [5.41, 5.74) is 0. The molecule has 20 heavy (non-hydrogen) atoms. The molecule has 1 saturated carbocycles. The predicted molar refractivity (Wildman–Crippen MR) is 79.9 cm³/mol. The van der Waals surface area contributed by atoms with Crippen LogP contribution in [0.1, 0.15) is 56.8 Å². The second-order valence-corrected chi connectivity index (χ2v) is 6.35. The van der Waals surface area contributed by atoms with Gasteiger partial charge in [-0.15, -0.1) is 0 Å². The molecule has 112 valence electrons. The zero-order valence-electron chi connectivity index (χ0n) is 12.0. The van der Waals surface area contributed by atoms with Gasteiger partial charge < -0.3 is 5.11 Å². The average molecular weight is 296 g/mol. The van der Waals surface area contributed by atoms with Crippen molar-refractivity contribution in [3.63, 3.8) is 0 Å². The Morgan fingerprint density at radius 3 is 2.35 bits per heavy atom. The quantitative estimate of drug-likeness (QED) is 0.867. The summed E-state index contributed by atoms with van der Waals surface area (Å²) in [6.45, 7) is 3.01. The molecule has 0 unspecified atom stereocenters. The lowest BCUT2D eigenvalue weighted by atomic mass is 10.1. The van der Waals surface area contributed by atoms with Crippen molar-refractivity contribution in [1.82, 2.24) is 19.2 Å². The monoisotopic (exact) mass is 296 g/mol. The number of aliphatic hydroxyl groups excluding tert-OH is 1. The topological polar surface area (TPSA) is 46.2 Å². The largest absolute Gasteiger partial charge is 0.388 e. The van der Waals surface area contributed by atoms with Gasteiger partial charge in [0.2, 0.25) is 0 Å². The van der Waals surface area contributed by atoms with E-state index in [9.17, 15) is 5.11 Å². The van der Waals surface area contributed by atoms with Gasteiger partial charge in [-0.3, -0.25) is 9.47 Å². The minimum absolute atomic E-state index is 0.0207. The molecule has 2 heterocycles. The van der Waals surface area contributed by atoms with Gasteiger partial charge in [0.05, 0.1) is 6.67 Å². The molecule has 0 aromatic carbocycles. The third-order valence-corrected chi connectivity index (χ3v) is 4.68. The smallest absolute Gasteiger partial charge is 0.199 e. The molecule has 1 aliphatic carbocycles. The highest BCUT2D eigenvalue weighted by atomic mass is 32.1. The van der Waals surface area contributed by atoms with E-state index in [-0.39, 0.29) is 6.61 Å². The summed E-state index contributed by atoms with van der Waals surface area (Å²) in [6, 6.07) is 0.478. The molecule has 1 aliphatic heterocycles. The van der Waals surface area contributed by atoms with Crippen LogP contribution in [-0.2, 0) is 13.3 Å². The van der Waals surface area contributed by atoms with Crippen molar-refractivity contribution in [1.29, 1.82) is 0 Å². The molecule has 6 heteroatoms. The molecule has 1 saturated heterocycles. The maximum absolute atomic E-state index is 9.46. The van der Waals surface area contributed by atoms with Crippen molar-refractivity contribution in [3.8, 4) is 0 Å². The van der Waals surface area contributed by atoms with E-state index in [0.717, 1.165) is 43.2 Å². The fourth-order valence-corrected chi connectivity index (χ4v) is 3.36. The first-order chi connectivity index (χ1) is 9.79. The molecule has 0 atom stereocenters. The van der Waals surface area contributed by atoms with Gasteiger partial charge in [-0.05, 0) is 51.0 Å². The van der Waals surface area contributed by atoms with E-state index >= 15 is 0 Å². The molecule has 5 nitrogen and oxygen atoms in total. The Labute approximate surface area is 125 Å². The first-order valence-electron chi connectivity index (χ1n) is 7.81. The van der Waals surface area contributed by atoms with Crippen LogP contribution < -0.4 is 0 Å². The molecule has 0 amide bonds. The number of nitrogens with zero attached hydrogens (tertiary/aromatic N) is 4. The van der Waals surface area contributed by atoms with Gasteiger partial charge in [0.25, 0.3) is 0 Å². The van der Waals surface area contributed by atoms with E-state index in [1.165, 1.54) is 32.1 Å². The maximum atomic E-state index is 9.46. The molecule has 1 N–H and O–H groups in total. The molecular weight excluding hydrogens is 272 g/mol. The number of hydrogen-bond acceptors (Lipinski definition) is 4. The Kier molecular flexibility index (Phi) is 4.53. The Balaban J connectivity index is 1.74. The molecule has 0 spiro atoms. The SMILES string of the molecule is OCc1nn(CN2CCCCCCC2)c(=S)n1C1CC1. The van der Waals surface area contributed by atoms with Crippen LogP contribution in [-0.4, -0.2) is 37.4 Å². The van der Waals surface area contributed by atoms with Gasteiger partial charge in [-0.2, -0.15) is 5.10 Å². The highest BCUT2D eigenvalue weighted by Crippen LogP contribution is 2.36. The average Bonchev–Trinajstić information content (AvgIpc) is 3.19. The van der Waals surface area contributed by atoms with Crippen molar-refractivity contribution in [2.45, 2.75) is 64.3 Å². The van der Waals surface area contributed by atoms with Crippen LogP contribution in [0, 0.1) is 4.77 Å². The number of likely N-dealkylation sites (tertiary alicyclic amines) is 1. The van der Waals surface area contributed by atoms with Gasteiger partial charge >= 0.3 is 0 Å². The predicted octanol–water partition coefficient (Wildman–Crippen LogP) is 2.46. The summed E-state index contributed by atoms with van der Waals surface area (Å²) in [5.74, 6) is 0.726. The van der Waals surface area contributed by atoms with Gasteiger partial charge in [0, 0.05) is 6.04 Å². The molecule has 0 bridgehead atoms. The number of aliphatic hydroxyl groups is 1. The lowest BCUT2D eigenvalue weighted by molar-refractivity contribution is 0.186. The van der Waals surface area contributed by atoms with E-state index in [4.69, 9.17) is 12.2 Å². The minimum Gasteiger partial charge on any atom is -0.388 e. The number of rotatable bonds is 4. The standard InChI is InChI=1S/C14H24N4OS/c19-10-13-15-17(14(20)18(13)12-6-7-12)11-16-8-4-2-1-3-5-9-16/h12,19H,1-11H2. The molecule has 2 aliphatic rings. The van der Waals surface area contributed by atoms with Crippen LogP contribution in [0.15, 0.2) is 0 Å². The fraction of sp³-hybridized carbons (Fsp3) is 0.857. The van der Waals surface area contributed by atoms with Crippen LogP contribution in [0.25, 0.3) is 0 Å². The highest BCUT2D eigenvalue weighted by molar-refractivity contribution is 7.71. The Morgan fingerprint density at radius 1 is 1.10 bits per heavy atom. The van der Waals surface area contributed by atoms with E-state index < -0.39 is 0 Å². The third-order valence-electron chi connectivity index (χ3n) is 4.28. The van der Waals surface area contributed by atoms with Crippen molar-refractivity contribution in [2.24, 2.45) is 0 Å². The molecule has 1 aromatic heterocycles. The third kappa shape index (κ3) is 3.13. The van der Waals surface area contributed by atoms with E-state index in [0.29, 0.717) is 6.04 Å². The van der Waals surface area contributed by atoms with Crippen molar-refractivity contribution in [3.05, 3.63) is 10.6 Å². The first-order valence-corrected chi connectivity index (χ1v) is 8.22. The second-order valence-electron chi connectivity index (χ2n) is 5.98. The zero-order chi connectivity index (χ0) is 13.9. The van der Waals surface area contributed by atoms with Crippen LogP contribution >= 0.6 is 12.2 Å². The molecule has 1 aromatic rings. The van der Waals surface area contributed by atoms with Gasteiger partial charge in [0.15, 0.2) is 10.6 Å². The minimum atomic E-state index is -0.0207. The molecule has 2 fully saturated rings. The van der Waals surface area contributed by atoms with Crippen molar-refractivity contribution in [2.75, 3.05) is 13.1 Å². The maximum Gasteiger partial charge on any atom is 0.199 e. The van der Waals surface area contributed by atoms with E-state index in [1.807, 2.05) is 4.68 Å². The Morgan fingerprint density at radius 2 is 1.75 bits per heavy atom. The normalized spacial score (nSPS) is 21.6. The van der Waals surface area contributed by atoms with Crippen LogP contribution in [0.2, 0.25) is 0 Å². The van der Waals surface area contributed by atoms with Crippen molar-refractivity contribution >= 4 is 12.2 Å².